The Morgan fingerprint density at radius 1 is 0.857 bits per heavy atom. The fraction of sp³-hybridized carbons (Fsp3) is 0.677. The number of nitrogens with two attached hydrogens (primary N) is 1. The largest absolute Gasteiger partial charge is 0.513 e. The molecule has 2 N–H and O–H groups in total. The third kappa shape index (κ3) is 14.0. The van der Waals surface area contributed by atoms with Gasteiger partial charge in [0.2, 0.25) is 0 Å². The van der Waals surface area contributed by atoms with Crippen LogP contribution in [0.4, 0.5) is 9.59 Å². The molecule has 0 bridgehead atoms. The van der Waals surface area contributed by atoms with E-state index in [4.69, 9.17) is 34.2 Å². The third-order valence-corrected chi connectivity index (χ3v) is 6.53. The number of benzene rings is 1. The molecule has 42 heavy (non-hydrogen) atoms. The molecule has 1 aromatic rings. The average Bonchev–Trinajstić information content (AvgIpc) is 2.88. The fourth-order valence-electron chi connectivity index (χ4n) is 3.87. The number of rotatable bonds is 17. The lowest BCUT2D eigenvalue weighted by molar-refractivity contribution is -0.155. The summed E-state index contributed by atoms with van der Waals surface area (Å²) in [7, 11) is 1.22. The van der Waals surface area contributed by atoms with Crippen LogP contribution in [0.5, 0.6) is 11.5 Å². The van der Waals surface area contributed by atoms with Crippen LogP contribution >= 0.6 is 0 Å². The van der Waals surface area contributed by atoms with Gasteiger partial charge in [-0.05, 0) is 55.2 Å². The van der Waals surface area contributed by atoms with Crippen LogP contribution in [0.25, 0.3) is 0 Å². The smallest absolute Gasteiger partial charge is 0.468 e. The predicted molar refractivity (Wildman–Crippen MR) is 156 cm³/mol. The van der Waals surface area contributed by atoms with E-state index in [1.54, 1.807) is 13.0 Å². The SMILES string of the molecule is CCC(C)CC(=O)O[C@@H](C)CC(N)(Cc1ccc(OC(=O)OCCC(C)C)c(OC(=O)OCCC(C)C)c1)C(=O)OC. The molecule has 238 valence electrons. The van der Waals surface area contributed by atoms with Gasteiger partial charge in [0.15, 0.2) is 11.5 Å². The molecular formula is C31H49NO10. The highest BCUT2D eigenvalue weighted by Gasteiger charge is 2.38. The van der Waals surface area contributed by atoms with Gasteiger partial charge >= 0.3 is 24.2 Å². The molecule has 0 radical (unpaired) electrons. The Morgan fingerprint density at radius 2 is 1.40 bits per heavy atom. The lowest BCUT2D eigenvalue weighted by Crippen LogP contribution is -2.53. The van der Waals surface area contributed by atoms with Crippen molar-refractivity contribution in [1.82, 2.24) is 0 Å². The van der Waals surface area contributed by atoms with Crippen LogP contribution in [0.15, 0.2) is 18.2 Å². The van der Waals surface area contributed by atoms with E-state index in [2.05, 4.69) is 0 Å². The Kier molecular flexibility index (Phi) is 15.9. The van der Waals surface area contributed by atoms with Gasteiger partial charge in [-0.25, -0.2) is 9.59 Å². The maximum atomic E-state index is 12.8. The van der Waals surface area contributed by atoms with E-state index >= 15 is 0 Å². The molecule has 0 saturated carbocycles. The summed E-state index contributed by atoms with van der Waals surface area (Å²) in [6.07, 6.45) is -0.349. The van der Waals surface area contributed by atoms with Crippen molar-refractivity contribution in [2.24, 2.45) is 23.5 Å². The number of ether oxygens (including phenoxy) is 6. The Balaban J connectivity index is 3.18. The molecule has 0 fully saturated rings. The van der Waals surface area contributed by atoms with Crippen molar-refractivity contribution < 1.29 is 47.6 Å². The highest BCUT2D eigenvalue weighted by atomic mass is 16.7. The van der Waals surface area contributed by atoms with E-state index in [0.29, 0.717) is 30.2 Å². The molecule has 0 amide bonds. The summed E-state index contributed by atoms with van der Waals surface area (Å²) in [6, 6.07) is 4.39. The summed E-state index contributed by atoms with van der Waals surface area (Å²) in [5.74, 6) is -0.487. The molecule has 0 saturated heterocycles. The summed E-state index contributed by atoms with van der Waals surface area (Å²) in [5.41, 5.74) is 5.41. The first-order chi connectivity index (χ1) is 19.7. The highest BCUT2D eigenvalue weighted by molar-refractivity contribution is 5.81. The number of hydrogen-bond acceptors (Lipinski definition) is 11. The lowest BCUT2D eigenvalue weighted by atomic mass is 9.86. The molecule has 0 aliphatic rings. The van der Waals surface area contributed by atoms with Gasteiger partial charge in [-0.2, -0.15) is 0 Å². The van der Waals surface area contributed by atoms with Crippen molar-refractivity contribution in [3.05, 3.63) is 23.8 Å². The molecule has 1 rings (SSSR count). The minimum absolute atomic E-state index is 0.0280. The predicted octanol–water partition coefficient (Wildman–Crippen LogP) is 5.98. The molecular weight excluding hydrogens is 546 g/mol. The zero-order valence-electron chi connectivity index (χ0n) is 26.4. The standard InChI is InChI=1S/C31H49NO10/c1-9-22(6)16-27(33)40-23(7)18-31(32,28(34)37-8)19-24-10-11-25(41-29(35)38-14-12-20(2)3)26(17-24)42-30(36)39-15-13-21(4)5/h10-11,17,20-23H,9,12-16,18-19,32H2,1-8H3/t22?,23-,31?/m0/s1. The van der Waals surface area contributed by atoms with Crippen molar-refractivity contribution >= 4 is 24.2 Å². The van der Waals surface area contributed by atoms with Gasteiger partial charge in [0.1, 0.15) is 11.6 Å². The molecule has 0 spiro atoms. The first kappa shape index (κ1) is 36.7. The number of esters is 2. The molecule has 0 aliphatic heterocycles. The fourth-order valence-corrected chi connectivity index (χ4v) is 3.87. The van der Waals surface area contributed by atoms with E-state index in [1.165, 1.54) is 19.2 Å². The van der Waals surface area contributed by atoms with Crippen molar-refractivity contribution in [3.63, 3.8) is 0 Å². The topological polar surface area (TPSA) is 150 Å². The van der Waals surface area contributed by atoms with Crippen LogP contribution in [0.2, 0.25) is 0 Å². The molecule has 11 heteroatoms. The maximum Gasteiger partial charge on any atom is 0.513 e. The first-order valence-corrected chi connectivity index (χ1v) is 14.6. The van der Waals surface area contributed by atoms with Gasteiger partial charge in [-0.1, -0.05) is 54.0 Å². The number of carbonyl (C=O) groups is 4. The Hall–Kier alpha value is -3.34. The van der Waals surface area contributed by atoms with Gasteiger partial charge in [-0.15, -0.1) is 0 Å². The van der Waals surface area contributed by atoms with Crippen LogP contribution in [0.3, 0.4) is 0 Å². The van der Waals surface area contributed by atoms with Crippen molar-refractivity contribution in [2.45, 2.75) is 98.6 Å². The molecule has 0 aromatic heterocycles. The van der Waals surface area contributed by atoms with E-state index in [9.17, 15) is 19.2 Å². The van der Waals surface area contributed by atoms with E-state index in [-0.39, 0.29) is 55.9 Å². The second-order valence-corrected chi connectivity index (χ2v) is 11.6. The first-order valence-electron chi connectivity index (χ1n) is 14.6. The zero-order chi connectivity index (χ0) is 31.9. The summed E-state index contributed by atoms with van der Waals surface area (Å²) in [6.45, 7) is 13.9. The monoisotopic (exact) mass is 595 g/mol. The molecule has 0 aliphatic carbocycles. The van der Waals surface area contributed by atoms with Crippen LogP contribution in [-0.4, -0.2) is 56.2 Å². The second-order valence-electron chi connectivity index (χ2n) is 11.6. The number of hydrogen-bond donors (Lipinski definition) is 1. The number of methoxy groups -OCH3 is 1. The quantitative estimate of drug-likeness (QED) is 0.129. The molecule has 11 nitrogen and oxygen atoms in total. The van der Waals surface area contributed by atoms with Gasteiger partial charge < -0.3 is 34.2 Å². The highest BCUT2D eigenvalue weighted by Crippen LogP contribution is 2.32. The number of carbonyl (C=O) groups excluding carboxylic acids is 4. The van der Waals surface area contributed by atoms with Gasteiger partial charge in [0.25, 0.3) is 0 Å². The van der Waals surface area contributed by atoms with Gasteiger partial charge in [0, 0.05) is 19.3 Å². The van der Waals surface area contributed by atoms with Gasteiger partial charge in [-0.3, -0.25) is 9.59 Å². The van der Waals surface area contributed by atoms with Crippen LogP contribution in [0, 0.1) is 17.8 Å². The molecule has 0 heterocycles. The third-order valence-electron chi connectivity index (χ3n) is 6.53. The van der Waals surface area contributed by atoms with Crippen molar-refractivity contribution in [2.75, 3.05) is 20.3 Å². The van der Waals surface area contributed by atoms with Crippen LogP contribution in [-0.2, 0) is 35.0 Å². The summed E-state index contributed by atoms with van der Waals surface area (Å²) in [4.78, 5) is 49.8. The van der Waals surface area contributed by atoms with E-state index in [1.807, 2.05) is 41.5 Å². The summed E-state index contributed by atoms with van der Waals surface area (Å²) >= 11 is 0. The van der Waals surface area contributed by atoms with Crippen molar-refractivity contribution in [1.29, 1.82) is 0 Å². The summed E-state index contributed by atoms with van der Waals surface area (Å²) in [5, 5.41) is 0. The molecule has 1 aromatic carbocycles. The van der Waals surface area contributed by atoms with Crippen molar-refractivity contribution in [3.8, 4) is 11.5 Å². The Morgan fingerprint density at radius 3 is 1.90 bits per heavy atom. The second kappa shape index (κ2) is 18.3. The minimum Gasteiger partial charge on any atom is -0.468 e. The minimum atomic E-state index is -1.59. The summed E-state index contributed by atoms with van der Waals surface area (Å²) < 4.78 is 31.4. The zero-order valence-corrected chi connectivity index (χ0v) is 26.4. The van der Waals surface area contributed by atoms with E-state index in [0.717, 1.165) is 6.42 Å². The molecule has 3 atom stereocenters. The normalized spacial score (nSPS) is 14.0. The lowest BCUT2D eigenvalue weighted by Gasteiger charge is -2.29. The Bertz CT molecular complexity index is 1020. The average molecular weight is 596 g/mol. The van der Waals surface area contributed by atoms with Crippen LogP contribution in [0.1, 0.15) is 86.1 Å². The van der Waals surface area contributed by atoms with E-state index < -0.39 is 29.9 Å². The Labute approximate surface area is 249 Å². The maximum absolute atomic E-state index is 12.8. The van der Waals surface area contributed by atoms with Gasteiger partial charge in [0.05, 0.1) is 20.3 Å². The van der Waals surface area contributed by atoms with Crippen LogP contribution < -0.4 is 15.2 Å². The molecule has 2 unspecified atom stereocenters.